The van der Waals surface area contributed by atoms with Crippen LogP contribution in [0.25, 0.3) is 0 Å². The fourth-order valence-electron chi connectivity index (χ4n) is 4.44. The standard InChI is InChI=1S/C22H29ClN4O3/c1-21(2)10-18(28)27(20(24)26-21)11-12-7-15(12)19(29)25-16-9-22(3,4)30-17-8-13(23)5-6-14(16)17/h5-6,8,12,15-16H,7,9-11H2,1-4H3,(H2,24,26)(H,25,29). The van der Waals surface area contributed by atoms with Gasteiger partial charge in [0.05, 0.1) is 18.0 Å². The maximum absolute atomic E-state index is 12.9. The van der Waals surface area contributed by atoms with E-state index in [0.29, 0.717) is 30.2 Å². The Kier molecular flexibility index (Phi) is 5.00. The topological polar surface area (TPSA) is 97.0 Å². The molecule has 0 spiro atoms. The van der Waals surface area contributed by atoms with Crippen molar-refractivity contribution >= 4 is 29.4 Å². The number of carbonyl (C=O) groups is 2. The summed E-state index contributed by atoms with van der Waals surface area (Å²) in [6.45, 7) is 8.22. The van der Waals surface area contributed by atoms with Crippen molar-refractivity contribution in [3.05, 3.63) is 28.8 Å². The summed E-state index contributed by atoms with van der Waals surface area (Å²) in [6, 6.07) is 5.38. The second kappa shape index (κ2) is 7.15. The van der Waals surface area contributed by atoms with Crippen molar-refractivity contribution in [3.63, 3.8) is 0 Å². The van der Waals surface area contributed by atoms with Gasteiger partial charge in [-0.25, -0.2) is 4.99 Å². The maximum Gasteiger partial charge on any atom is 0.231 e. The molecule has 3 N–H and O–H groups in total. The van der Waals surface area contributed by atoms with Crippen molar-refractivity contribution in [3.8, 4) is 5.75 Å². The first kappa shape index (κ1) is 21.0. The molecule has 162 valence electrons. The molecule has 2 heterocycles. The summed E-state index contributed by atoms with van der Waals surface area (Å²) in [5.41, 5.74) is 6.08. The van der Waals surface area contributed by atoms with E-state index < -0.39 is 11.1 Å². The van der Waals surface area contributed by atoms with Gasteiger partial charge in [-0.1, -0.05) is 17.7 Å². The molecule has 4 rings (SSSR count). The van der Waals surface area contributed by atoms with E-state index in [0.717, 1.165) is 12.0 Å². The number of nitrogens with zero attached hydrogens (tertiary/aromatic N) is 2. The lowest BCUT2D eigenvalue weighted by Gasteiger charge is -2.38. The summed E-state index contributed by atoms with van der Waals surface area (Å²) >= 11 is 6.12. The number of nitrogens with two attached hydrogens (primary N) is 1. The number of fused-ring (bicyclic) bond motifs is 1. The predicted molar refractivity (Wildman–Crippen MR) is 115 cm³/mol. The minimum atomic E-state index is -0.468. The minimum Gasteiger partial charge on any atom is -0.487 e. The molecule has 1 fully saturated rings. The first-order chi connectivity index (χ1) is 13.9. The van der Waals surface area contributed by atoms with Crippen molar-refractivity contribution in [1.29, 1.82) is 0 Å². The zero-order valence-corrected chi connectivity index (χ0v) is 18.6. The number of nitrogens with one attached hydrogen (secondary N) is 1. The van der Waals surface area contributed by atoms with Crippen LogP contribution in [0.2, 0.25) is 5.02 Å². The first-order valence-corrected chi connectivity index (χ1v) is 10.8. The zero-order valence-electron chi connectivity index (χ0n) is 17.9. The Labute approximate surface area is 182 Å². The van der Waals surface area contributed by atoms with Gasteiger partial charge in [0.2, 0.25) is 11.8 Å². The van der Waals surface area contributed by atoms with Crippen LogP contribution in [-0.2, 0) is 9.59 Å². The predicted octanol–water partition coefficient (Wildman–Crippen LogP) is 3.02. The summed E-state index contributed by atoms with van der Waals surface area (Å²) in [5.74, 6) is 0.907. The summed E-state index contributed by atoms with van der Waals surface area (Å²) in [4.78, 5) is 31.3. The number of ether oxygens (including phenoxy) is 1. The Balaban J connectivity index is 1.41. The molecule has 0 aromatic heterocycles. The highest BCUT2D eigenvalue weighted by atomic mass is 35.5. The summed E-state index contributed by atoms with van der Waals surface area (Å²) in [6.07, 6.45) is 1.74. The average Bonchev–Trinajstić information content (AvgIpc) is 3.35. The monoisotopic (exact) mass is 432 g/mol. The van der Waals surface area contributed by atoms with Crippen molar-refractivity contribution in [1.82, 2.24) is 10.2 Å². The summed E-state index contributed by atoms with van der Waals surface area (Å²) < 4.78 is 6.04. The highest BCUT2D eigenvalue weighted by molar-refractivity contribution is 6.30. The number of guanidine groups is 1. The fourth-order valence-corrected chi connectivity index (χ4v) is 4.60. The van der Waals surface area contributed by atoms with E-state index in [-0.39, 0.29) is 35.7 Å². The Morgan fingerprint density at radius 1 is 1.37 bits per heavy atom. The highest BCUT2D eigenvalue weighted by Gasteiger charge is 2.47. The Bertz CT molecular complexity index is 927. The largest absolute Gasteiger partial charge is 0.487 e. The van der Waals surface area contributed by atoms with E-state index in [1.165, 1.54) is 4.90 Å². The van der Waals surface area contributed by atoms with Crippen LogP contribution >= 0.6 is 11.6 Å². The Morgan fingerprint density at radius 3 is 2.80 bits per heavy atom. The van der Waals surface area contributed by atoms with Gasteiger partial charge < -0.3 is 15.8 Å². The summed E-state index contributed by atoms with van der Waals surface area (Å²) in [7, 11) is 0. The van der Waals surface area contributed by atoms with Crippen molar-refractivity contribution < 1.29 is 14.3 Å². The van der Waals surface area contributed by atoms with E-state index >= 15 is 0 Å². The van der Waals surface area contributed by atoms with E-state index in [2.05, 4.69) is 10.3 Å². The lowest BCUT2D eigenvalue weighted by molar-refractivity contribution is -0.130. The third kappa shape index (κ3) is 4.26. The van der Waals surface area contributed by atoms with Crippen LogP contribution in [0.3, 0.4) is 0 Å². The van der Waals surface area contributed by atoms with Crippen molar-refractivity contribution in [2.45, 2.75) is 64.1 Å². The molecule has 1 saturated carbocycles. The van der Waals surface area contributed by atoms with Crippen LogP contribution < -0.4 is 15.8 Å². The molecule has 1 aliphatic carbocycles. The van der Waals surface area contributed by atoms with E-state index in [1.54, 1.807) is 6.07 Å². The van der Waals surface area contributed by atoms with Crippen molar-refractivity contribution in [2.24, 2.45) is 22.6 Å². The van der Waals surface area contributed by atoms with Gasteiger partial charge in [-0.2, -0.15) is 0 Å². The molecule has 0 bridgehead atoms. The van der Waals surface area contributed by atoms with Gasteiger partial charge in [0, 0.05) is 29.5 Å². The fraction of sp³-hybridized carbons (Fsp3) is 0.591. The molecule has 2 amide bonds. The first-order valence-electron chi connectivity index (χ1n) is 10.4. The minimum absolute atomic E-state index is 0.00361. The maximum atomic E-state index is 12.9. The molecule has 1 aromatic carbocycles. The molecule has 2 aliphatic heterocycles. The second-order valence-electron chi connectivity index (χ2n) is 9.88. The number of amides is 2. The highest BCUT2D eigenvalue weighted by Crippen LogP contribution is 2.43. The van der Waals surface area contributed by atoms with Crippen LogP contribution in [0.5, 0.6) is 5.75 Å². The molecule has 8 heteroatoms. The second-order valence-corrected chi connectivity index (χ2v) is 10.3. The molecule has 0 radical (unpaired) electrons. The van der Waals surface area contributed by atoms with Crippen LogP contribution in [0, 0.1) is 11.8 Å². The number of hydrogen-bond donors (Lipinski definition) is 2. The molecule has 30 heavy (non-hydrogen) atoms. The molecule has 3 atom stereocenters. The van der Waals surface area contributed by atoms with Crippen LogP contribution in [-0.4, -0.2) is 40.4 Å². The Hall–Kier alpha value is -2.28. The number of halogens is 1. The molecular formula is C22H29ClN4O3. The number of carbonyl (C=O) groups excluding carboxylic acids is 2. The van der Waals surface area contributed by atoms with Gasteiger partial charge >= 0.3 is 0 Å². The van der Waals surface area contributed by atoms with Gasteiger partial charge in [0.15, 0.2) is 5.96 Å². The SMILES string of the molecule is CC1(C)CC(=O)N(CC2CC2C(=O)NC2CC(C)(C)Oc3cc(Cl)ccc32)C(N)=N1. The quantitative estimate of drug-likeness (QED) is 0.764. The molecule has 3 unspecified atom stereocenters. The van der Waals surface area contributed by atoms with E-state index in [1.807, 2.05) is 39.8 Å². The van der Waals surface area contributed by atoms with Gasteiger partial charge in [0.25, 0.3) is 0 Å². The van der Waals surface area contributed by atoms with E-state index in [9.17, 15) is 9.59 Å². The smallest absolute Gasteiger partial charge is 0.231 e. The van der Waals surface area contributed by atoms with Crippen molar-refractivity contribution in [2.75, 3.05) is 6.54 Å². The van der Waals surface area contributed by atoms with Crippen LogP contribution in [0.15, 0.2) is 23.2 Å². The zero-order chi connectivity index (χ0) is 21.8. The third-order valence-electron chi connectivity index (χ3n) is 6.00. The number of benzene rings is 1. The molecule has 1 aromatic rings. The normalized spacial score (nSPS) is 28.8. The summed E-state index contributed by atoms with van der Waals surface area (Å²) in [5, 5.41) is 3.79. The lowest BCUT2D eigenvalue weighted by Crippen LogP contribution is -2.50. The number of rotatable bonds is 4. The molecule has 0 saturated heterocycles. The number of hydrogen-bond acceptors (Lipinski definition) is 5. The van der Waals surface area contributed by atoms with Gasteiger partial charge in [-0.15, -0.1) is 0 Å². The number of aliphatic imine (C=N–C) groups is 1. The van der Waals surface area contributed by atoms with Crippen LogP contribution in [0.4, 0.5) is 0 Å². The average molecular weight is 433 g/mol. The third-order valence-corrected chi connectivity index (χ3v) is 6.24. The Morgan fingerprint density at radius 2 is 2.10 bits per heavy atom. The van der Waals surface area contributed by atoms with Gasteiger partial charge in [0.1, 0.15) is 11.4 Å². The lowest BCUT2D eigenvalue weighted by atomic mass is 9.89. The van der Waals surface area contributed by atoms with E-state index in [4.69, 9.17) is 22.1 Å². The molecular weight excluding hydrogens is 404 g/mol. The molecule has 7 nitrogen and oxygen atoms in total. The van der Waals surface area contributed by atoms with Gasteiger partial charge in [-0.3, -0.25) is 14.5 Å². The van der Waals surface area contributed by atoms with Crippen LogP contribution in [0.1, 0.15) is 58.6 Å². The van der Waals surface area contributed by atoms with Gasteiger partial charge in [-0.05, 0) is 52.2 Å². The molecule has 3 aliphatic rings.